The van der Waals surface area contributed by atoms with E-state index in [9.17, 15) is 14.4 Å². The Hall–Kier alpha value is -2.63. The van der Waals surface area contributed by atoms with Crippen LogP contribution in [-0.4, -0.2) is 56.9 Å². The second kappa shape index (κ2) is 9.67. The molecule has 1 amide bonds. The van der Waals surface area contributed by atoms with Crippen molar-refractivity contribution in [1.29, 1.82) is 0 Å². The van der Waals surface area contributed by atoms with Gasteiger partial charge < -0.3 is 0 Å². The minimum atomic E-state index is -0.770. The Balaban J connectivity index is 1.48. The molecule has 2 aromatic rings. The quantitative estimate of drug-likeness (QED) is 0.464. The summed E-state index contributed by atoms with van der Waals surface area (Å²) in [4.78, 5) is 40.1. The fraction of sp³-hybridized carbons (Fsp3) is 0.375. The van der Waals surface area contributed by atoms with E-state index in [2.05, 4.69) is 0 Å². The molecule has 0 aromatic heterocycles. The van der Waals surface area contributed by atoms with Crippen molar-refractivity contribution in [3.8, 4) is 0 Å². The zero-order chi connectivity index (χ0) is 21.8. The van der Waals surface area contributed by atoms with Crippen LogP contribution in [0.25, 0.3) is 0 Å². The number of fused-ring (bicyclic) bond motifs is 1. The van der Waals surface area contributed by atoms with Crippen LogP contribution in [0.3, 0.4) is 0 Å². The molecule has 162 valence electrons. The van der Waals surface area contributed by atoms with Crippen molar-refractivity contribution in [3.63, 3.8) is 0 Å². The number of carbonyl (C=O) groups excluding carboxylic acids is 3. The summed E-state index contributed by atoms with van der Waals surface area (Å²) in [6, 6.07) is 18.6. The first-order valence-corrected chi connectivity index (χ1v) is 12.3. The molecule has 1 unspecified atom stereocenters. The van der Waals surface area contributed by atoms with E-state index in [0.717, 1.165) is 5.56 Å². The van der Waals surface area contributed by atoms with Gasteiger partial charge in [-0.25, -0.2) is 0 Å². The van der Waals surface area contributed by atoms with E-state index < -0.39 is 18.1 Å². The Morgan fingerprint density at radius 2 is 1.71 bits per heavy atom. The second-order valence-electron chi connectivity index (χ2n) is 7.72. The number of esters is 1. The monoisotopic (exact) mass is 487 g/mol. The van der Waals surface area contributed by atoms with Crippen LogP contribution in [0.1, 0.15) is 18.9 Å². The molecule has 1 aliphatic carbocycles. The molecule has 0 spiro atoms. The first-order valence-electron chi connectivity index (χ1n) is 10.5. The summed E-state index contributed by atoms with van der Waals surface area (Å²) in [6.45, 7) is 2.30. The molecule has 7 heteroatoms. The average Bonchev–Trinajstić information content (AvgIpc) is 3.30. The number of carbonyl (C=O) groups is 3. The number of benzene rings is 2. The van der Waals surface area contributed by atoms with Crippen molar-refractivity contribution in [2.45, 2.75) is 30.8 Å². The Morgan fingerprint density at radius 1 is 1.03 bits per heavy atom. The van der Waals surface area contributed by atoms with Gasteiger partial charge in [0.2, 0.25) is 0 Å². The van der Waals surface area contributed by atoms with Gasteiger partial charge in [-0.3, -0.25) is 0 Å². The maximum atomic E-state index is 13.1. The number of ketones is 1. The first-order chi connectivity index (χ1) is 15.1. The third-order valence-electron chi connectivity index (χ3n) is 5.81. The van der Waals surface area contributed by atoms with E-state index in [1.807, 2.05) is 60.7 Å². The van der Waals surface area contributed by atoms with Crippen molar-refractivity contribution < 1.29 is 23.9 Å². The van der Waals surface area contributed by atoms with Crippen LogP contribution in [0.15, 0.2) is 60.7 Å². The summed E-state index contributed by atoms with van der Waals surface area (Å²) in [6.07, 6.45) is 0.0267. The number of ether oxygens (including phenoxy) is 2. The number of hydrogen-bond donors (Lipinski definition) is 0. The minimum absolute atomic E-state index is 0.000538. The van der Waals surface area contributed by atoms with Crippen molar-refractivity contribution in [2.24, 2.45) is 11.8 Å². The first kappa shape index (κ1) is 21.6. The number of rotatable bonds is 6. The van der Waals surface area contributed by atoms with Crippen molar-refractivity contribution in [3.05, 3.63) is 66.2 Å². The molecule has 0 N–H and O–H groups in total. The van der Waals surface area contributed by atoms with Crippen LogP contribution in [0.4, 0.5) is 4.79 Å². The molecule has 2 aromatic carbocycles. The summed E-state index contributed by atoms with van der Waals surface area (Å²) in [5, 5.41) is 0. The maximum absolute atomic E-state index is 13.1. The molecular weight excluding hydrogens is 461 g/mol. The summed E-state index contributed by atoms with van der Waals surface area (Å²) in [5.41, 5.74) is 0.865. The molecule has 4 rings (SSSR count). The molecular formula is C24H25NO5Se. The van der Waals surface area contributed by atoms with E-state index in [1.165, 1.54) is 9.36 Å². The molecule has 0 bridgehead atoms. The Morgan fingerprint density at radius 3 is 2.39 bits per heavy atom. The third-order valence-corrected chi connectivity index (χ3v) is 8.44. The second-order valence-corrected chi connectivity index (χ2v) is 10.4. The molecule has 2 fully saturated rings. The van der Waals surface area contributed by atoms with Gasteiger partial charge in [-0.1, -0.05) is 0 Å². The Labute approximate surface area is 188 Å². The molecule has 1 saturated heterocycles. The van der Waals surface area contributed by atoms with Gasteiger partial charge in [-0.2, -0.15) is 0 Å². The van der Waals surface area contributed by atoms with Crippen LogP contribution in [0, 0.1) is 11.8 Å². The predicted octanol–water partition coefficient (Wildman–Crippen LogP) is 2.59. The van der Waals surface area contributed by atoms with Gasteiger partial charge in [0, 0.05) is 0 Å². The number of amides is 1. The molecule has 1 aliphatic heterocycles. The SMILES string of the molecule is CCOC(=O)[C@@H]1[C@H]2CC([Se]c3ccccc3)C(=O)[C@H]2CN1C(=O)OCc1ccccc1. The van der Waals surface area contributed by atoms with E-state index in [1.54, 1.807) is 6.92 Å². The van der Waals surface area contributed by atoms with Gasteiger partial charge in [-0.05, 0) is 0 Å². The zero-order valence-electron chi connectivity index (χ0n) is 17.3. The predicted molar refractivity (Wildman–Crippen MR) is 116 cm³/mol. The summed E-state index contributed by atoms with van der Waals surface area (Å²) in [7, 11) is 0. The van der Waals surface area contributed by atoms with Gasteiger partial charge in [0.15, 0.2) is 0 Å². The Bertz CT molecular complexity index is 936. The van der Waals surface area contributed by atoms with Crippen molar-refractivity contribution in [2.75, 3.05) is 13.2 Å². The van der Waals surface area contributed by atoms with Gasteiger partial charge in [-0.15, -0.1) is 0 Å². The molecule has 0 radical (unpaired) electrons. The number of likely N-dealkylation sites (tertiary alicyclic amines) is 1. The van der Waals surface area contributed by atoms with Crippen LogP contribution in [-0.2, 0) is 25.7 Å². The summed E-state index contributed by atoms with van der Waals surface area (Å²) >= 11 is 0.000538. The van der Waals surface area contributed by atoms with Crippen LogP contribution in [0.2, 0.25) is 4.82 Å². The standard InChI is InChI=1S/C24H25NO5Se/c1-2-29-23(27)21-18-13-20(31-17-11-7-4-8-12-17)22(26)19(18)14-25(21)24(28)30-15-16-9-5-3-6-10-16/h3-12,18-21H,2,13-15H2,1H3/t18-,19-,20?,21-/m0/s1. The molecule has 1 heterocycles. The molecule has 1 saturated carbocycles. The normalized spacial score (nSPS) is 24.7. The number of nitrogens with zero attached hydrogens (tertiary/aromatic N) is 1. The van der Waals surface area contributed by atoms with Gasteiger partial charge in [0.25, 0.3) is 0 Å². The van der Waals surface area contributed by atoms with Crippen molar-refractivity contribution >= 4 is 37.3 Å². The van der Waals surface area contributed by atoms with Crippen LogP contribution >= 0.6 is 0 Å². The van der Waals surface area contributed by atoms with E-state index in [0.29, 0.717) is 6.42 Å². The summed E-state index contributed by atoms with van der Waals surface area (Å²) < 4.78 is 11.9. The van der Waals surface area contributed by atoms with Gasteiger partial charge in [0.1, 0.15) is 0 Å². The average molecular weight is 486 g/mol. The topological polar surface area (TPSA) is 72.9 Å². The molecule has 2 aliphatic rings. The number of hydrogen-bond acceptors (Lipinski definition) is 5. The molecule has 4 atom stereocenters. The van der Waals surface area contributed by atoms with E-state index in [-0.39, 0.29) is 57.2 Å². The third kappa shape index (κ3) is 4.68. The van der Waals surface area contributed by atoms with Crippen molar-refractivity contribution in [1.82, 2.24) is 4.90 Å². The van der Waals surface area contributed by atoms with Gasteiger partial charge >= 0.3 is 188 Å². The molecule has 31 heavy (non-hydrogen) atoms. The fourth-order valence-electron chi connectivity index (χ4n) is 4.40. The van der Waals surface area contributed by atoms with Crippen LogP contribution in [0.5, 0.6) is 0 Å². The number of Topliss-reactive ketones (excluding diaryl/α,β-unsaturated/α-hetero) is 1. The zero-order valence-corrected chi connectivity index (χ0v) is 19.0. The van der Waals surface area contributed by atoms with E-state index in [4.69, 9.17) is 9.47 Å². The fourth-order valence-corrected chi connectivity index (χ4v) is 7.03. The van der Waals surface area contributed by atoms with Gasteiger partial charge in [0.05, 0.1) is 0 Å². The molecule has 6 nitrogen and oxygen atoms in total. The summed E-state index contributed by atoms with van der Waals surface area (Å²) in [5.74, 6) is -0.852. The Kier molecular flexibility index (Phi) is 6.73. The van der Waals surface area contributed by atoms with E-state index >= 15 is 0 Å². The van der Waals surface area contributed by atoms with Crippen LogP contribution < -0.4 is 4.46 Å².